The summed E-state index contributed by atoms with van der Waals surface area (Å²) in [5.41, 5.74) is 0. The van der Waals surface area contributed by atoms with Crippen molar-refractivity contribution in [3.05, 3.63) is 47.3 Å². The van der Waals surface area contributed by atoms with Crippen molar-refractivity contribution in [1.29, 1.82) is 0 Å². The smallest absolute Gasteiger partial charge is 0.0424 e. The molecule has 0 amide bonds. The zero-order valence-corrected chi connectivity index (χ0v) is 10.3. The maximum atomic E-state index is 2.33. The second-order valence-electron chi connectivity index (χ2n) is 4.51. The van der Waals surface area contributed by atoms with Crippen molar-refractivity contribution < 1.29 is 0 Å². The molecule has 0 N–H and O–H groups in total. The average molecular weight is 226 g/mol. The van der Waals surface area contributed by atoms with E-state index in [0.717, 1.165) is 0 Å². The summed E-state index contributed by atoms with van der Waals surface area (Å²) in [5.74, 6) is 0.621. The second-order valence-corrected chi connectivity index (χ2v) is 5.59. The van der Waals surface area contributed by atoms with Crippen molar-refractivity contribution in [3.63, 3.8) is 0 Å². The summed E-state index contributed by atoms with van der Waals surface area (Å²) >= 11 is 1.93. The van der Waals surface area contributed by atoms with E-state index in [-0.39, 0.29) is 0 Å². The quantitative estimate of drug-likeness (QED) is 0.536. The van der Waals surface area contributed by atoms with Gasteiger partial charge >= 0.3 is 0 Å². The number of thiophene rings is 1. The van der Waals surface area contributed by atoms with Crippen molar-refractivity contribution in [2.45, 2.75) is 19.8 Å². The third-order valence-electron chi connectivity index (χ3n) is 3.00. The maximum Gasteiger partial charge on any atom is 0.0424 e. The fourth-order valence-corrected chi connectivity index (χ4v) is 3.27. The van der Waals surface area contributed by atoms with Crippen LogP contribution in [-0.4, -0.2) is 0 Å². The van der Waals surface area contributed by atoms with Crippen LogP contribution in [0.3, 0.4) is 0 Å². The number of hydrogen-bond donors (Lipinski definition) is 0. The highest BCUT2D eigenvalue weighted by Gasteiger charge is 2.07. The van der Waals surface area contributed by atoms with E-state index in [4.69, 9.17) is 0 Å². The summed E-state index contributed by atoms with van der Waals surface area (Å²) in [6, 6.07) is 15.4. The van der Waals surface area contributed by atoms with Crippen LogP contribution in [0.25, 0.3) is 20.9 Å². The lowest BCUT2D eigenvalue weighted by atomic mass is 10.1. The van der Waals surface area contributed by atoms with Crippen LogP contribution in [0.4, 0.5) is 0 Å². The molecule has 3 rings (SSSR count). The highest BCUT2D eigenvalue weighted by Crippen LogP contribution is 2.35. The molecule has 0 radical (unpaired) electrons. The Bertz CT molecular complexity index is 647. The van der Waals surface area contributed by atoms with Gasteiger partial charge in [0.15, 0.2) is 0 Å². The van der Waals surface area contributed by atoms with Crippen LogP contribution in [0.15, 0.2) is 42.5 Å². The Morgan fingerprint density at radius 1 is 0.938 bits per heavy atom. The largest absolute Gasteiger partial charge is 0.139 e. The van der Waals surface area contributed by atoms with E-state index in [1.807, 2.05) is 11.3 Å². The van der Waals surface area contributed by atoms with Gasteiger partial charge in [-0.25, -0.2) is 0 Å². The molecule has 0 aliphatic carbocycles. The summed E-state index contributed by atoms with van der Waals surface area (Å²) in [4.78, 5) is 1.48. The van der Waals surface area contributed by atoms with Crippen LogP contribution in [0.2, 0.25) is 0 Å². The second kappa shape index (κ2) is 3.60. The standard InChI is InChI=1S/C15H14S/c1-10(2)14-9-12-8-7-11-5-3-4-6-13(11)15(12)16-14/h3-10H,1-2H3. The van der Waals surface area contributed by atoms with Crippen molar-refractivity contribution in [2.75, 3.05) is 0 Å². The first-order valence-electron chi connectivity index (χ1n) is 5.67. The molecule has 1 heterocycles. The molecule has 1 aromatic heterocycles. The van der Waals surface area contributed by atoms with E-state index in [1.54, 1.807) is 0 Å². The average Bonchev–Trinajstić information content (AvgIpc) is 2.73. The van der Waals surface area contributed by atoms with Gasteiger partial charge in [-0.3, -0.25) is 0 Å². The van der Waals surface area contributed by atoms with Gasteiger partial charge in [-0.05, 0) is 28.1 Å². The minimum Gasteiger partial charge on any atom is -0.139 e. The molecule has 0 saturated carbocycles. The fourth-order valence-electron chi connectivity index (χ4n) is 2.07. The van der Waals surface area contributed by atoms with Gasteiger partial charge in [-0.1, -0.05) is 50.2 Å². The molecule has 16 heavy (non-hydrogen) atoms. The zero-order chi connectivity index (χ0) is 11.1. The number of fused-ring (bicyclic) bond motifs is 3. The maximum absolute atomic E-state index is 2.33. The molecule has 0 saturated heterocycles. The van der Waals surface area contributed by atoms with E-state index >= 15 is 0 Å². The molecule has 3 aromatic rings. The van der Waals surface area contributed by atoms with Gasteiger partial charge in [0.25, 0.3) is 0 Å². The molecule has 0 aliphatic heterocycles. The molecule has 1 heteroatoms. The monoisotopic (exact) mass is 226 g/mol. The van der Waals surface area contributed by atoms with Gasteiger partial charge in [0.1, 0.15) is 0 Å². The van der Waals surface area contributed by atoms with Gasteiger partial charge in [0, 0.05) is 9.58 Å². The fraction of sp³-hybridized carbons (Fsp3) is 0.200. The molecule has 2 aromatic carbocycles. The van der Waals surface area contributed by atoms with E-state index in [2.05, 4.69) is 56.3 Å². The molecule has 0 fully saturated rings. The lowest BCUT2D eigenvalue weighted by molar-refractivity contribution is 0.890. The van der Waals surface area contributed by atoms with E-state index in [0.29, 0.717) is 5.92 Å². The minimum atomic E-state index is 0.621. The number of benzene rings is 2. The predicted molar refractivity (Wildman–Crippen MR) is 73.4 cm³/mol. The van der Waals surface area contributed by atoms with Crippen molar-refractivity contribution >= 4 is 32.2 Å². The Balaban J connectivity index is 2.41. The Morgan fingerprint density at radius 3 is 2.50 bits per heavy atom. The molecule has 80 valence electrons. The van der Waals surface area contributed by atoms with Crippen molar-refractivity contribution in [2.24, 2.45) is 0 Å². The summed E-state index contributed by atoms with van der Waals surface area (Å²) in [6.07, 6.45) is 0. The highest BCUT2D eigenvalue weighted by atomic mass is 32.1. The minimum absolute atomic E-state index is 0.621. The van der Waals surface area contributed by atoms with Crippen LogP contribution >= 0.6 is 11.3 Å². The molecule has 0 nitrogen and oxygen atoms in total. The van der Waals surface area contributed by atoms with Gasteiger partial charge < -0.3 is 0 Å². The Morgan fingerprint density at radius 2 is 1.69 bits per heavy atom. The number of rotatable bonds is 1. The summed E-state index contributed by atoms with van der Waals surface area (Å²) in [6.45, 7) is 4.51. The van der Waals surface area contributed by atoms with Crippen LogP contribution in [0.1, 0.15) is 24.6 Å². The van der Waals surface area contributed by atoms with Crippen LogP contribution in [-0.2, 0) is 0 Å². The summed E-state index contributed by atoms with van der Waals surface area (Å²) < 4.78 is 1.43. The third kappa shape index (κ3) is 1.43. The first-order chi connectivity index (χ1) is 7.75. The summed E-state index contributed by atoms with van der Waals surface area (Å²) in [5, 5.41) is 4.11. The Labute approximate surface area is 99.5 Å². The summed E-state index contributed by atoms with van der Waals surface area (Å²) in [7, 11) is 0. The molecular weight excluding hydrogens is 212 g/mol. The lowest BCUT2D eigenvalue weighted by Gasteiger charge is -1.98. The third-order valence-corrected chi connectivity index (χ3v) is 4.48. The highest BCUT2D eigenvalue weighted by molar-refractivity contribution is 7.20. The van der Waals surface area contributed by atoms with Crippen LogP contribution in [0.5, 0.6) is 0 Å². The normalized spacial score (nSPS) is 11.7. The number of hydrogen-bond acceptors (Lipinski definition) is 1. The van der Waals surface area contributed by atoms with Gasteiger partial charge in [-0.15, -0.1) is 11.3 Å². The molecule has 0 bridgehead atoms. The van der Waals surface area contributed by atoms with E-state index < -0.39 is 0 Å². The first-order valence-corrected chi connectivity index (χ1v) is 6.48. The van der Waals surface area contributed by atoms with Crippen LogP contribution < -0.4 is 0 Å². The van der Waals surface area contributed by atoms with Gasteiger partial charge in [0.2, 0.25) is 0 Å². The molecule has 0 aliphatic rings. The van der Waals surface area contributed by atoms with Crippen molar-refractivity contribution in [1.82, 2.24) is 0 Å². The Hall–Kier alpha value is -1.34. The SMILES string of the molecule is CC(C)c1cc2ccc3ccccc3c2s1. The molecule has 0 atom stereocenters. The van der Waals surface area contributed by atoms with E-state index in [1.165, 1.54) is 25.7 Å². The topological polar surface area (TPSA) is 0 Å². The lowest BCUT2D eigenvalue weighted by Crippen LogP contribution is -1.77. The van der Waals surface area contributed by atoms with Crippen molar-refractivity contribution in [3.8, 4) is 0 Å². The van der Waals surface area contributed by atoms with Gasteiger partial charge in [-0.2, -0.15) is 0 Å². The first kappa shape index (κ1) is 9.86. The molecular formula is C15H14S. The molecule has 0 unspecified atom stereocenters. The predicted octanol–water partition coefficient (Wildman–Crippen LogP) is 5.18. The van der Waals surface area contributed by atoms with Gasteiger partial charge in [0.05, 0.1) is 0 Å². The van der Waals surface area contributed by atoms with Crippen LogP contribution in [0, 0.1) is 0 Å². The molecule has 0 spiro atoms. The zero-order valence-electron chi connectivity index (χ0n) is 9.53. The Kier molecular flexibility index (Phi) is 2.22. The van der Waals surface area contributed by atoms with E-state index in [9.17, 15) is 0 Å².